The van der Waals surface area contributed by atoms with Crippen molar-refractivity contribution in [3.63, 3.8) is 0 Å². The lowest BCUT2D eigenvalue weighted by Gasteiger charge is -2.17. The highest BCUT2D eigenvalue weighted by Gasteiger charge is 2.28. The summed E-state index contributed by atoms with van der Waals surface area (Å²) < 4.78 is 56.4. The Morgan fingerprint density at radius 3 is 2.35 bits per heavy atom. The molecule has 8 heteroatoms. The number of esters is 1. The first kappa shape index (κ1) is 16.5. The lowest BCUT2D eigenvalue weighted by Crippen LogP contribution is -2.31. The van der Waals surface area contributed by atoms with Gasteiger partial charge in [0.1, 0.15) is 11.6 Å². The van der Waals surface area contributed by atoms with E-state index in [0.717, 1.165) is 25.2 Å². The zero-order valence-electron chi connectivity index (χ0n) is 11.1. The van der Waals surface area contributed by atoms with Crippen molar-refractivity contribution in [3.8, 4) is 0 Å². The van der Waals surface area contributed by atoms with E-state index in [1.807, 2.05) is 0 Å². The SMILES string of the molecule is CCOC(=O)CCN(C)S(=O)(=O)c1c(F)cccc1F. The third kappa shape index (κ3) is 3.73. The van der Waals surface area contributed by atoms with Crippen LogP contribution in [0.2, 0.25) is 0 Å². The fourth-order valence-corrected chi connectivity index (χ4v) is 2.76. The third-order valence-electron chi connectivity index (χ3n) is 2.52. The van der Waals surface area contributed by atoms with E-state index < -0.39 is 32.5 Å². The van der Waals surface area contributed by atoms with E-state index in [2.05, 4.69) is 4.74 Å². The second-order valence-electron chi connectivity index (χ2n) is 3.93. The number of hydrogen-bond acceptors (Lipinski definition) is 4. The molecule has 0 saturated carbocycles. The topological polar surface area (TPSA) is 63.7 Å². The molecule has 0 atom stereocenters. The molecule has 5 nitrogen and oxygen atoms in total. The number of sulfonamides is 1. The van der Waals surface area contributed by atoms with E-state index in [1.54, 1.807) is 6.92 Å². The summed E-state index contributed by atoms with van der Waals surface area (Å²) in [6, 6.07) is 2.78. The van der Waals surface area contributed by atoms with Gasteiger partial charge in [-0.2, -0.15) is 0 Å². The van der Waals surface area contributed by atoms with E-state index in [-0.39, 0.29) is 19.6 Å². The Hall–Kier alpha value is -1.54. The average molecular weight is 307 g/mol. The summed E-state index contributed by atoms with van der Waals surface area (Å²) >= 11 is 0. The number of carbonyl (C=O) groups excluding carboxylic acids is 1. The van der Waals surface area contributed by atoms with Crippen molar-refractivity contribution in [3.05, 3.63) is 29.8 Å². The minimum absolute atomic E-state index is 0.178. The molecule has 0 aliphatic rings. The number of ether oxygens (including phenoxy) is 1. The summed E-state index contributed by atoms with van der Waals surface area (Å²) in [6.07, 6.45) is -0.195. The average Bonchev–Trinajstić information content (AvgIpc) is 2.35. The van der Waals surface area contributed by atoms with Gasteiger partial charge in [0.2, 0.25) is 10.0 Å². The van der Waals surface area contributed by atoms with Crippen molar-refractivity contribution < 1.29 is 26.7 Å². The smallest absolute Gasteiger partial charge is 0.307 e. The molecule has 0 radical (unpaired) electrons. The highest BCUT2D eigenvalue weighted by atomic mass is 32.2. The first-order chi connectivity index (χ1) is 9.30. The van der Waals surface area contributed by atoms with Gasteiger partial charge in [-0.05, 0) is 19.1 Å². The normalized spacial score (nSPS) is 11.7. The Balaban J connectivity index is 2.91. The molecule has 0 N–H and O–H groups in total. The van der Waals surface area contributed by atoms with Gasteiger partial charge in [0.05, 0.1) is 13.0 Å². The molecule has 0 amide bonds. The molecule has 0 aliphatic heterocycles. The van der Waals surface area contributed by atoms with Crippen LogP contribution in [0.15, 0.2) is 23.1 Å². The number of rotatable bonds is 6. The summed E-state index contributed by atoms with van der Waals surface area (Å²) in [7, 11) is -3.20. The highest BCUT2D eigenvalue weighted by Crippen LogP contribution is 2.21. The maximum atomic E-state index is 13.5. The van der Waals surface area contributed by atoms with Crippen LogP contribution in [0.25, 0.3) is 0 Å². The molecule has 20 heavy (non-hydrogen) atoms. The van der Waals surface area contributed by atoms with Gasteiger partial charge < -0.3 is 4.74 Å². The summed E-state index contributed by atoms with van der Waals surface area (Å²) in [5.74, 6) is -2.93. The number of halogens is 2. The zero-order valence-corrected chi connectivity index (χ0v) is 11.9. The molecule has 0 aliphatic carbocycles. The number of hydrogen-bond donors (Lipinski definition) is 0. The molecule has 0 unspecified atom stereocenters. The summed E-state index contributed by atoms with van der Waals surface area (Å²) in [5.41, 5.74) is 0. The van der Waals surface area contributed by atoms with Crippen LogP contribution in [0.1, 0.15) is 13.3 Å². The van der Waals surface area contributed by atoms with Crippen LogP contribution in [-0.4, -0.2) is 38.9 Å². The van der Waals surface area contributed by atoms with E-state index in [4.69, 9.17) is 0 Å². The number of carbonyl (C=O) groups is 1. The minimum Gasteiger partial charge on any atom is -0.466 e. The van der Waals surface area contributed by atoms with Crippen LogP contribution in [0.5, 0.6) is 0 Å². The molecule has 0 fully saturated rings. The third-order valence-corrected chi connectivity index (χ3v) is 4.43. The van der Waals surface area contributed by atoms with Crippen molar-refractivity contribution in [2.45, 2.75) is 18.2 Å². The summed E-state index contributed by atoms with van der Waals surface area (Å²) in [4.78, 5) is 10.1. The van der Waals surface area contributed by atoms with Gasteiger partial charge in [-0.1, -0.05) is 6.07 Å². The Morgan fingerprint density at radius 1 is 1.30 bits per heavy atom. The number of benzene rings is 1. The van der Waals surface area contributed by atoms with Crippen LogP contribution in [-0.2, 0) is 19.6 Å². The van der Waals surface area contributed by atoms with Crippen LogP contribution in [0, 0.1) is 11.6 Å². The maximum Gasteiger partial charge on any atom is 0.307 e. The molecule has 0 saturated heterocycles. The zero-order chi connectivity index (χ0) is 15.3. The Morgan fingerprint density at radius 2 is 1.85 bits per heavy atom. The highest BCUT2D eigenvalue weighted by molar-refractivity contribution is 7.89. The van der Waals surface area contributed by atoms with Gasteiger partial charge in [0.25, 0.3) is 0 Å². The Bertz CT molecular complexity index is 569. The molecule has 0 bridgehead atoms. The fourth-order valence-electron chi connectivity index (χ4n) is 1.49. The second-order valence-corrected chi connectivity index (χ2v) is 5.91. The molecule has 0 aromatic heterocycles. The maximum absolute atomic E-state index is 13.5. The minimum atomic E-state index is -4.34. The van der Waals surface area contributed by atoms with Crippen LogP contribution in [0.3, 0.4) is 0 Å². The first-order valence-electron chi connectivity index (χ1n) is 5.86. The Labute approximate surface area is 116 Å². The van der Waals surface area contributed by atoms with E-state index in [1.165, 1.54) is 0 Å². The quantitative estimate of drug-likeness (QED) is 0.748. The van der Waals surface area contributed by atoms with Crippen LogP contribution < -0.4 is 0 Å². The molecule has 0 spiro atoms. The van der Waals surface area contributed by atoms with Crippen molar-refractivity contribution in [1.82, 2.24) is 4.31 Å². The van der Waals surface area contributed by atoms with Crippen molar-refractivity contribution >= 4 is 16.0 Å². The lowest BCUT2D eigenvalue weighted by molar-refractivity contribution is -0.143. The summed E-state index contributed by atoms with van der Waals surface area (Å²) in [5, 5.41) is 0. The lowest BCUT2D eigenvalue weighted by atomic mass is 10.3. The number of nitrogens with zero attached hydrogens (tertiary/aromatic N) is 1. The van der Waals surface area contributed by atoms with Gasteiger partial charge in [-0.15, -0.1) is 0 Å². The summed E-state index contributed by atoms with van der Waals surface area (Å²) in [6.45, 7) is 1.57. The molecule has 112 valence electrons. The fraction of sp³-hybridized carbons (Fsp3) is 0.417. The molecule has 1 aromatic rings. The second kappa shape index (κ2) is 6.76. The molecule has 1 rings (SSSR count). The van der Waals surface area contributed by atoms with E-state index in [9.17, 15) is 22.0 Å². The van der Waals surface area contributed by atoms with Crippen molar-refractivity contribution in [2.24, 2.45) is 0 Å². The molecule has 0 heterocycles. The van der Waals surface area contributed by atoms with E-state index in [0.29, 0.717) is 4.31 Å². The van der Waals surface area contributed by atoms with E-state index >= 15 is 0 Å². The van der Waals surface area contributed by atoms with Gasteiger partial charge in [0, 0.05) is 13.6 Å². The van der Waals surface area contributed by atoms with Gasteiger partial charge in [-0.25, -0.2) is 21.5 Å². The van der Waals surface area contributed by atoms with Gasteiger partial charge >= 0.3 is 5.97 Å². The van der Waals surface area contributed by atoms with Crippen LogP contribution in [0.4, 0.5) is 8.78 Å². The predicted molar refractivity (Wildman–Crippen MR) is 67.4 cm³/mol. The molecular formula is C12H15F2NO4S. The Kier molecular flexibility index (Phi) is 5.58. The monoisotopic (exact) mass is 307 g/mol. The first-order valence-corrected chi connectivity index (χ1v) is 7.30. The van der Waals surface area contributed by atoms with Gasteiger partial charge in [-0.3, -0.25) is 4.79 Å². The molecular weight excluding hydrogens is 292 g/mol. The molecule has 1 aromatic carbocycles. The van der Waals surface area contributed by atoms with Crippen LogP contribution >= 0.6 is 0 Å². The van der Waals surface area contributed by atoms with Crippen molar-refractivity contribution in [2.75, 3.05) is 20.2 Å². The van der Waals surface area contributed by atoms with Crippen molar-refractivity contribution in [1.29, 1.82) is 0 Å². The predicted octanol–water partition coefficient (Wildman–Crippen LogP) is 1.54. The standard InChI is InChI=1S/C12H15F2NO4S/c1-3-19-11(16)7-8-15(2)20(17,18)12-9(13)5-4-6-10(12)14/h4-6H,3,7-8H2,1-2H3. The largest absolute Gasteiger partial charge is 0.466 e. The van der Waals surface area contributed by atoms with Gasteiger partial charge in [0.15, 0.2) is 4.90 Å².